The summed E-state index contributed by atoms with van der Waals surface area (Å²) in [4.78, 5) is 21.9. The third-order valence-electron chi connectivity index (χ3n) is 5.13. The quantitative estimate of drug-likeness (QED) is 0.376. The average molecular weight is 513 g/mol. The second kappa shape index (κ2) is 12.0. The average Bonchev–Trinajstić information content (AvgIpc) is 3.22. The fourth-order valence-corrected chi connectivity index (χ4v) is 4.95. The van der Waals surface area contributed by atoms with E-state index in [2.05, 4.69) is 9.88 Å². The first-order valence-electron chi connectivity index (χ1n) is 10.2. The second-order valence-electron chi connectivity index (χ2n) is 7.24. The number of halogens is 3. The van der Waals surface area contributed by atoms with Gasteiger partial charge in [0.15, 0.2) is 5.13 Å². The summed E-state index contributed by atoms with van der Waals surface area (Å²) in [6.07, 6.45) is 4.15. The van der Waals surface area contributed by atoms with E-state index in [4.69, 9.17) is 27.9 Å². The monoisotopic (exact) mass is 511 g/mol. The van der Waals surface area contributed by atoms with Gasteiger partial charge in [-0.15, -0.1) is 12.4 Å². The van der Waals surface area contributed by atoms with Crippen LogP contribution in [0.15, 0.2) is 48.5 Å². The first-order chi connectivity index (χ1) is 15.1. The molecule has 170 valence electrons. The first kappa shape index (κ1) is 25.0. The van der Waals surface area contributed by atoms with Gasteiger partial charge in [0.2, 0.25) is 0 Å². The molecule has 1 aliphatic rings. The summed E-state index contributed by atoms with van der Waals surface area (Å²) < 4.78 is 6.38. The Hall–Kier alpha value is -1.67. The number of thiazole rings is 1. The Morgan fingerprint density at radius 2 is 1.88 bits per heavy atom. The number of amides is 1. The highest BCUT2D eigenvalue weighted by molar-refractivity contribution is 7.22. The molecule has 0 radical (unpaired) electrons. The van der Waals surface area contributed by atoms with Crippen LogP contribution in [-0.4, -0.2) is 55.2 Å². The molecule has 0 N–H and O–H groups in total. The lowest BCUT2D eigenvalue weighted by Crippen LogP contribution is -2.39. The van der Waals surface area contributed by atoms with Crippen molar-refractivity contribution < 1.29 is 9.53 Å². The third kappa shape index (κ3) is 6.22. The Bertz CT molecular complexity index is 1080. The number of benzene rings is 2. The van der Waals surface area contributed by atoms with E-state index in [-0.39, 0.29) is 18.3 Å². The molecule has 9 heteroatoms. The minimum absolute atomic E-state index is 0. The number of nitrogens with zero attached hydrogens (tertiary/aromatic N) is 3. The fourth-order valence-electron chi connectivity index (χ4n) is 3.46. The van der Waals surface area contributed by atoms with E-state index in [0.29, 0.717) is 21.7 Å². The van der Waals surface area contributed by atoms with Crippen LogP contribution in [0.2, 0.25) is 10.0 Å². The number of morpholine rings is 1. The number of rotatable bonds is 7. The lowest BCUT2D eigenvalue weighted by atomic mass is 10.2. The third-order valence-corrected chi connectivity index (χ3v) is 6.82. The molecule has 1 aliphatic heterocycles. The molecular formula is C23H24Cl3N3O2S. The minimum Gasteiger partial charge on any atom is -0.379 e. The zero-order valence-corrected chi connectivity index (χ0v) is 20.5. The van der Waals surface area contributed by atoms with Gasteiger partial charge in [-0.2, -0.15) is 0 Å². The van der Waals surface area contributed by atoms with Crippen LogP contribution in [0.1, 0.15) is 12.0 Å². The largest absolute Gasteiger partial charge is 0.379 e. The van der Waals surface area contributed by atoms with Crippen LogP contribution in [0.5, 0.6) is 0 Å². The van der Waals surface area contributed by atoms with Crippen molar-refractivity contribution in [2.24, 2.45) is 0 Å². The highest BCUT2D eigenvalue weighted by Crippen LogP contribution is 2.33. The van der Waals surface area contributed by atoms with Gasteiger partial charge in [-0.1, -0.05) is 58.8 Å². The molecule has 5 nitrogen and oxygen atoms in total. The lowest BCUT2D eigenvalue weighted by Gasteiger charge is -2.27. The van der Waals surface area contributed by atoms with Crippen LogP contribution in [0.3, 0.4) is 0 Å². The summed E-state index contributed by atoms with van der Waals surface area (Å²) in [5.74, 6) is -0.128. The summed E-state index contributed by atoms with van der Waals surface area (Å²) >= 11 is 14.0. The number of hydrogen-bond donors (Lipinski definition) is 0. The minimum atomic E-state index is -0.128. The van der Waals surface area contributed by atoms with Gasteiger partial charge in [0.05, 0.1) is 22.9 Å². The summed E-state index contributed by atoms with van der Waals surface area (Å²) in [6.45, 7) is 4.86. The number of fused-ring (bicyclic) bond motifs is 1. The number of para-hydroxylation sites is 1. The Kier molecular flexibility index (Phi) is 9.34. The number of carbonyl (C=O) groups excluding carboxylic acids is 1. The predicted molar refractivity (Wildman–Crippen MR) is 137 cm³/mol. The van der Waals surface area contributed by atoms with Crippen LogP contribution in [-0.2, 0) is 9.53 Å². The van der Waals surface area contributed by atoms with Crippen LogP contribution in [0.25, 0.3) is 16.3 Å². The number of anilines is 1. The molecule has 32 heavy (non-hydrogen) atoms. The van der Waals surface area contributed by atoms with Gasteiger partial charge in [-0.25, -0.2) is 4.98 Å². The molecule has 4 rings (SSSR count). The zero-order valence-electron chi connectivity index (χ0n) is 17.4. The Morgan fingerprint density at radius 1 is 1.12 bits per heavy atom. The van der Waals surface area contributed by atoms with Crippen LogP contribution in [0, 0.1) is 0 Å². The van der Waals surface area contributed by atoms with Crippen molar-refractivity contribution in [3.05, 3.63) is 64.1 Å². The molecule has 3 aromatic rings. The SMILES string of the molecule is Cl.O=C(/C=C/c1ccccc1Cl)N(CCCN1CCOCC1)c1nc2c(Cl)cccc2s1. The number of ether oxygens (including phenoxy) is 1. The molecule has 0 unspecified atom stereocenters. The Balaban J connectivity index is 0.00000289. The first-order valence-corrected chi connectivity index (χ1v) is 11.8. The van der Waals surface area contributed by atoms with Gasteiger partial charge < -0.3 is 4.74 Å². The van der Waals surface area contributed by atoms with Crippen LogP contribution in [0.4, 0.5) is 5.13 Å². The lowest BCUT2D eigenvalue weighted by molar-refractivity contribution is -0.114. The topological polar surface area (TPSA) is 45.7 Å². The summed E-state index contributed by atoms with van der Waals surface area (Å²) in [6, 6.07) is 13.1. The Morgan fingerprint density at radius 3 is 2.62 bits per heavy atom. The smallest absolute Gasteiger partial charge is 0.252 e. The normalized spacial score (nSPS) is 14.6. The highest BCUT2D eigenvalue weighted by atomic mass is 35.5. The van der Waals surface area contributed by atoms with Gasteiger partial charge in [0, 0.05) is 37.3 Å². The summed E-state index contributed by atoms with van der Waals surface area (Å²) in [5.41, 5.74) is 1.53. The molecule has 0 saturated carbocycles. The van der Waals surface area contributed by atoms with Crippen molar-refractivity contribution in [2.45, 2.75) is 6.42 Å². The maximum absolute atomic E-state index is 13.2. The van der Waals surface area contributed by atoms with Crippen molar-refractivity contribution in [1.29, 1.82) is 0 Å². The molecule has 0 bridgehead atoms. The second-order valence-corrected chi connectivity index (χ2v) is 9.06. The van der Waals surface area contributed by atoms with Crippen molar-refractivity contribution in [1.82, 2.24) is 9.88 Å². The molecule has 0 spiro atoms. The van der Waals surface area contributed by atoms with Crippen molar-refractivity contribution in [3.8, 4) is 0 Å². The Labute approximate surface area is 208 Å². The highest BCUT2D eigenvalue weighted by Gasteiger charge is 2.19. The maximum atomic E-state index is 13.2. The maximum Gasteiger partial charge on any atom is 0.252 e. The van der Waals surface area contributed by atoms with E-state index < -0.39 is 0 Å². The fraction of sp³-hybridized carbons (Fsp3) is 0.304. The number of aromatic nitrogens is 1. The molecule has 1 saturated heterocycles. The van der Waals surface area contributed by atoms with Crippen molar-refractivity contribution >= 4 is 74.3 Å². The standard InChI is InChI=1S/C23H23Cl2N3O2S.ClH/c24-18-6-2-1-5-17(18)9-10-21(29)28(12-4-11-27-13-15-30-16-14-27)23-26-22-19(25)7-3-8-20(22)31-23;/h1-3,5-10H,4,11-16H2;1H/b10-9+;. The summed E-state index contributed by atoms with van der Waals surface area (Å²) in [5, 5.41) is 1.85. The van der Waals surface area contributed by atoms with E-state index in [1.807, 2.05) is 36.4 Å². The van der Waals surface area contributed by atoms with Gasteiger partial charge in [-0.05, 0) is 36.3 Å². The van der Waals surface area contributed by atoms with E-state index in [1.165, 1.54) is 11.3 Å². The van der Waals surface area contributed by atoms with E-state index in [1.54, 1.807) is 23.1 Å². The number of carbonyl (C=O) groups is 1. The molecule has 2 aromatic carbocycles. The molecule has 1 amide bonds. The molecule has 1 aromatic heterocycles. The van der Waals surface area contributed by atoms with Gasteiger partial charge in [0.25, 0.3) is 5.91 Å². The molecule has 0 atom stereocenters. The molecule has 0 aliphatic carbocycles. The van der Waals surface area contributed by atoms with E-state index in [0.717, 1.165) is 55.0 Å². The zero-order chi connectivity index (χ0) is 21.6. The van der Waals surface area contributed by atoms with Gasteiger partial charge >= 0.3 is 0 Å². The van der Waals surface area contributed by atoms with Crippen LogP contribution >= 0.6 is 46.9 Å². The molecule has 1 fully saturated rings. The van der Waals surface area contributed by atoms with Gasteiger partial charge in [-0.3, -0.25) is 14.6 Å². The van der Waals surface area contributed by atoms with Crippen molar-refractivity contribution in [3.63, 3.8) is 0 Å². The predicted octanol–water partition coefficient (Wildman–Crippen LogP) is 5.79. The molecular weight excluding hydrogens is 489 g/mol. The summed E-state index contributed by atoms with van der Waals surface area (Å²) in [7, 11) is 0. The van der Waals surface area contributed by atoms with Gasteiger partial charge in [0.1, 0.15) is 5.52 Å². The number of hydrogen-bond acceptors (Lipinski definition) is 5. The van der Waals surface area contributed by atoms with E-state index >= 15 is 0 Å². The van der Waals surface area contributed by atoms with Crippen LogP contribution < -0.4 is 4.90 Å². The molecule has 2 heterocycles. The van der Waals surface area contributed by atoms with Crippen molar-refractivity contribution in [2.75, 3.05) is 44.3 Å². The van der Waals surface area contributed by atoms with E-state index in [9.17, 15) is 4.79 Å².